The van der Waals surface area contributed by atoms with Gasteiger partial charge in [-0.2, -0.15) is 0 Å². The maximum atomic E-state index is 12.2. The number of guanidine groups is 1. The van der Waals surface area contributed by atoms with E-state index in [1.807, 2.05) is 60.7 Å². The molecule has 0 heterocycles. The molecule has 3 aromatic rings. The highest BCUT2D eigenvalue weighted by atomic mass is 127. The average Bonchev–Trinajstić information content (AvgIpc) is 2.81. The fraction of sp³-hybridized carbons (Fsp3) is 0.231. The number of nitrogens with one attached hydrogen (secondary N) is 2. The molecule has 3 rings (SSSR count). The third kappa shape index (κ3) is 7.75. The molecule has 0 aromatic heterocycles. The normalized spacial score (nSPS) is 10.8. The number of carbonyl (C=O) groups is 1. The molecule has 3 aromatic carbocycles. The molecule has 174 valence electrons. The van der Waals surface area contributed by atoms with E-state index in [9.17, 15) is 4.79 Å². The summed E-state index contributed by atoms with van der Waals surface area (Å²) in [5, 5.41) is 7.47. The van der Waals surface area contributed by atoms with Crippen LogP contribution in [0.15, 0.2) is 77.8 Å². The van der Waals surface area contributed by atoms with Gasteiger partial charge < -0.3 is 15.5 Å². The maximum absolute atomic E-state index is 12.2. The Bertz CT molecular complexity index is 1080. The number of hydrogen-bond acceptors (Lipinski definition) is 2. The van der Waals surface area contributed by atoms with Crippen molar-refractivity contribution in [3.63, 3.8) is 0 Å². The summed E-state index contributed by atoms with van der Waals surface area (Å²) >= 11 is 6.04. The smallest absolute Gasteiger partial charge is 0.253 e. The average molecular weight is 577 g/mol. The molecular formula is C26H30ClIN4O. The van der Waals surface area contributed by atoms with Gasteiger partial charge >= 0.3 is 0 Å². The molecule has 7 heteroatoms. The van der Waals surface area contributed by atoms with E-state index < -0.39 is 0 Å². The number of halogens is 2. The lowest BCUT2D eigenvalue weighted by atomic mass is 10.00. The molecule has 0 saturated heterocycles. The Kier molecular flexibility index (Phi) is 10.7. The lowest BCUT2D eigenvalue weighted by molar-refractivity contribution is 0.0827. The number of benzene rings is 3. The quantitative estimate of drug-likeness (QED) is 0.230. The van der Waals surface area contributed by atoms with Gasteiger partial charge in [0.1, 0.15) is 0 Å². The van der Waals surface area contributed by atoms with Crippen molar-refractivity contribution in [1.29, 1.82) is 0 Å². The fourth-order valence-corrected chi connectivity index (χ4v) is 3.55. The van der Waals surface area contributed by atoms with Crippen molar-refractivity contribution in [3.05, 3.63) is 94.5 Å². The highest BCUT2D eigenvalue weighted by molar-refractivity contribution is 14.0. The van der Waals surface area contributed by atoms with Crippen LogP contribution in [0.25, 0.3) is 11.1 Å². The van der Waals surface area contributed by atoms with Crippen molar-refractivity contribution in [3.8, 4) is 11.1 Å². The van der Waals surface area contributed by atoms with E-state index in [4.69, 9.17) is 11.6 Å². The Morgan fingerprint density at radius 1 is 0.970 bits per heavy atom. The van der Waals surface area contributed by atoms with Crippen LogP contribution in [0.5, 0.6) is 0 Å². The Balaban J connectivity index is 0.00000385. The van der Waals surface area contributed by atoms with Crippen LogP contribution in [-0.4, -0.2) is 44.5 Å². The Hall–Kier alpha value is -2.58. The standard InChI is InChI=1S/C26H29ClN4O.HI/c1-28-26(29-16-15-19-7-6-9-21(17-19)25(32)31(2)3)30-18-22-8-4-5-10-24(22)20-11-13-23(27)14-12-20;/h4-14,17H,15-16,18H2,1-3H3,(H2,28,29,30);1H. The molecule has 0 saturated carbocycles. The molecule has 0 radical (unpaired) electrons. The lowest BCUT2D eigenvalue weighted by Gasteiger charge is -2.15. The molecule has 0 aliphatic rings. The monoisotopic (exact) mass is 576 g/mol. The predicted octanol–water partition coefficient (Wildman–Crippen LogP) is 5.23. The fourth-order valence-electron chi connectivity index (χ4n) is 3.43. The van der Waals surface area contributed by atoms with Crippen LogP contribution in [-0.2, 0) is 13.0 Å². The summed E-state index contributed by atoms with van der Waals surface area (Å²) in [6.45, 7) is 1.35. The molecular weight excluding hydrogens is 547 g/mol. The summed E-state index contributed by atoms with van der Waals surface area (Å²) in [4.78, 5) is 18.1. The van der Waals surface area contributed by atoms with Crippen molar-refractivity contribution in [2.24, 2.45) is 4.99 Å². The Labute approximate surface area is 218 Å². The summed E-state index contributed by atoms with van der Waals surface area (Å²) in [6.07, 6.45) is 0.788. The van der Waals surface area contributed by atoms with Gasteiger partial charge in [0.25, 0.3) is 5.91 Å². The minimum Gasteiger partial charge on any atom is -0.356 e. The van der Waals surface area contributed by atoms with Crippen molar-refractivity contribution in [1.82, 2.24) is 15.5 Å². The molecule has 0 fully saturated rings. The van der Waals surface area contributed by atoms with Crippen LogP contribution in [0.4, 0.5) is 0 Å². The van der Waals surface area contributed by atoms with Gasteiger partial charge in [-0.05, 0) is 52.9 Å². The predicted molar refractivity (Wildman–Crippen MR) is 149 cm³/mol. The van der Waals surface area contributed by atoms with Gasteiger partial charge in [-0.1, -0.05) is 60.1 Å². The summed E-state index contributed by atoms with van der Waals surface area (Å²) in [5.41, 5.74) is 5.27. The zero-order valence-corrected chi connectivity index (χ0v) is 22.2. The topological polar surface area (TPSA) is 56.7 Å². The van der Waals surface area contributed by atoms with Crippen LogP contribution < -0.4 is 10.6 Å². The van der Waals surface area contributed by atoms with Gasteiger partial charge in [0.2, 0.25) is 0 Å². The van der Waals surface area contributed by atoms with Gasteiger partial charge in [-0.15, -0.1) is 24.0 Å². The molecule has 0 unspecified atom stereocenters. The molecule has 0 spiro atoms. The highest BCUT2D eigenvalue weighted by Crippen LogP contribution is 2.25. The number of hydrogen-bond donors (Lipinski definition) is 2. The SMILES string of the molecule is CN=C(NCCc1cccc(C(=O)N(C)C)c1)NCc1ccccc1-c1ccc(Cl)cc1.I. The van der Waals surface area contributed by atoms with Gasteiger partial charge in [-0.25, -0.2) is 0 Å². The molecule has 0 aliphatic heterocycles. The zero-order valence-electron chi connectivity index (χ0n) is 19.1. The minimum absolute atomic E-state index is 0. The molecule has 33 heavy (non-hydrogen) atoms. The van der Waals surface area contributed by atoms with Crippen LogP contribution >= 0.6 is 35.6 Å². The molecule has 0 aliphatic carbocycles. The van der Waals surface area contributed by atoms with Crippen molar-refractivity contribution >= 4 is 47.4 Å². The maximum Gasteiger partial charge on any atom is 0.253 e. The zero-order chi connectivity index (χ0) is 22.9. The first-order chi connectivity index (χ1) is 15.5. The summed E-state index contributed by atoms with van der Waals surface area (Å²) in [7, 11) is 5.28. The van der Waals surface area contributed by atoms with E-state index in [2.05, 4.69) is 27.8 Å². The van der Waals surface area contributed by atoms with Gasteiger partial charge in [0, 0.05) is 44.8 Å². The number of rotatable bonds is 7. The van der Waals surface area contributed by atoms with E-state index in [1.165, 1.54) is 5.56 Å². The van der Waals surface area contributed by atoms with Crippen LogP contribution in [0.2, 0.25) is 5.02 Å². The number of amides is 1. The van der Waals surface area contributed by atoms with E-state index in [1.54, 1.807) is 26.0 Å². The van der Waals surface area contributed by atoms with Crippen molar-refractivity contribution < 1.29 is 4.79 Å². The largest absolute Gasteiger partial charge is 0.356 e. The van der Waals surface area contributed by atoms with E-state index in [0.717, 1.165) is 34.1 Å². The Morgan fingerprint density at radius 2 is 1.70 bits per heavy atom. The summed E-state index contributed by atoms with van der Waals surface area (Å²) in [6, 6.07) is 23.9. The van der Waals surface area contributed by atoms with E-state index >= 15 is 0 Å². The lowest BCUT2D eigenvalue weighted by Crippen LogP contribution is -2.38. The summed E-state index contributed by atoms with van der Waals surface area (Å²) < 4.78 is 0. The number of nitrogens with zero attached hydrogens (tertiary/aromatic N) is 2. The Morgan fingerprint density at radius 3 is 2.39 bits per heavy atom. The van der Waals surface area contributed by atoms with Crippen molar-refractivity contribution in [2.75, 3.05) is 27.7 Å². The second-order valence-corrected chi connectivity index (χ2v) is 8.10. The molecule has 0 atom stereocenters. The van der Waals surface area contributed by atoms with Crippen LogP contribution in [0, 0.1) is 0 Å². The second kappa shape index (κ2) is 13.2. The molecule has 5 nitrogen and oxygen atoms in total. The van der Waals surface area contributed by atoms with Crippen molar-refractivity contribution in [2.45, 2.75) is 13.0 Å². The first kappa shape index (κ1) is 26.7. The van der Waals surface area contributed by atoms with Crippen LogP contribution in [0.1, 0.15) is 21.5 Å². The third-order valence-electron chi connectivity index (χ3n) is 5.13. The highest BCUT2D eigenvalue weighted by Gasteiger charge is 2.09. The van der Waals surface area contributed by atoms with Gasteiger partial charge in [0.05, 0.1) is 0 Å². The summed E-state index contributed by atoms with van der Waals surface area (Å²) in [5.74, 6) is 0.744. The van der Waals surface area contributed by atoms with E-state index in [-0.39, 0.29) is 29.9 Å². The molecule has 2 N–H and O–H groups in total. The molecule has 1 amide bonds. The van der Waals surface area contributed by atoms with Gasteiger partial charge in [0.15, 0.2) is 5.96 Å². The number of carbonyl (C=O) groups excluding carboxylic acids is 1. The van der Waals surface area contributed by atoms with E-state index in [0.29, 0.717) is 18.7 Å². The number of aliphatic imine (C=N–C) groups is 1. The molecule has 0 bridgehead atoms. The first-order valence-electron chi connectivity index (χ1n) is 10.6. The second-order valence-electron chi connectivity index (χ2n) is 7.67. The van der Waals surface area contributed by atoms with Gasteiger partial charge in [-0.3, -0.25) is 9.79 Å². The minimum atomic E-state index is 0. The van der Waals surface area contributed by atoms with Crippen LogP contribution in [0.3, 0.4) is 0 Å². The first-order valence-corrected chi connectivity index (χ1v) is 10.9. The third-order valence-corrected chi connectivity index (χ3v) is 5.38.